The molecule has 1 aromatic carbocycles. The molecular weight excluding hydrogens is 258 g/mol. The van der Waals surface area contributed by atoms with E-state index in [1.807, 2.05) is 30.3 Å². The van der Waals surface area contributed by atoms with Gasteiger partial charge >= 0.3 is 5.97 Å². The number of morpholine rings is 1. The van der Waals surface area contributed by atoms with Crippen molar-refractivity contribution in [2.75, 3.05) is 19.8 Å². The average molecular weight is 275 g/mol. The summed E-state index contributed by atoms with van der Waals surface area (Å²) in [7, 11) is 0. The second-order valence-electron chi connectivity index (χ2n) is 5.38. The minimum absolute atomic E-state index is 0.0700. The zero-order valence-electron chi connectivity index (χ0n) is 11.1. The smallest absolute Gasteiger partial charge is 0.328 e. The van der Waals surface area contributed by atoms with Crippen molar-refractivity contribution in [2.45, 2.75) is 24.3 Å². The lowest BCUT2D eigenvalue weighted by molar-refractivity contribution is -0.159. The summed E-state index contributed by atoms with van der Waals surface area (Å²) in [6.07, 6.45) is 1.58. The van der Waals surface area contributed by atoms with Crippen LogP contribution in [-0.2, 0) is 19.7 Å². The van der Waals surface area contributed by atoms with Crippen LogP contribution in [0.15, 0.2) is 30.3 Å². The van der Waals surface area contributed by atoms with Gasteiger partial charge in [0.1, 0.15) is 0 Å². The minimum atomic E-state index is -0.998. The number of hydrogen-bond donors (Lipinski definition) is 1. The summed E-state index contributed by atoms with van der Waals surface area (Å²) in [6.45, 7) is 0.830. The van der Waals surface area contributed by atoms with Crippen LogP contribution < -0.4 is 0 Å². The van der Waals surface area contributed by atoms with E-state index >= 15 is 0 Å². The van der Waals surface area contributed by atoms with Gasteiger partial charge in [-0.15, -0.1) is 0 Å². The van der Waals surface area contributed by atoms with Gasteiger partial charge in [-0.05, 0) is 18.4 Å². The molecule has 0 bridgehead atoms. The van der Waals surface area contributed by atoms with E-state index in [0.29, 0.717) is 13.2 Å². The third-order valence-corrected chi connectivity index (χ3v) is 4.16. The maximum atomic E-state index is 12.8. The maximum absolute atomic E-state index is 12.8. The first-order chi connectivity index (χ1) is 9.65. The fourth-order valence-electron chi connectivity index (χ4n) is 2.83. The summed E-state index contributed by atoms with van der Waals surface area (Å²) in [5.74, 6) is -1.07. The van der Waals surface area contributed by atoms with Crippen LogP contribution >= 0.6 is 0 Å². The standard InChI is InChI=1S/C15H17NO4/c17-13(18)12-10-20-9-8-16(12)14(19)15(6-7-15)11-4-2-1-3-5-11/h1-5,12H,6-10H2,(H,17,18). The highest BCUT2D eigenvalue weighted by molar-refractivity contribution is 5.94. The number of nitrogens with zero attached hydrogens (tertiary/aromatic N) is 1. The van der Waals surface area contributed by atoms with Gasteiger partial charge in [0.05, 0.1) is 18.6 Å². The molecule has 1 heterocycles. The van der Waals surface area contributed by atoms with Crippen LogP contribution in [0.1, 0.15) is 18.4 Å². The predicted octanol–water partition coefficient (Wildman–Crippen LogP) is 1.03. The minimum Gasteiger partial charge on any atom is -0.480 e. The number of ether oxygens (including phenoxy) is 1. The molecule has 1 amide bonds. The van der Waals surface area contributed by atoms with Crippen LogP contribution in [0.3, 0.4) is 0 Å². The van der Waals surface area contributed by atoms with Gasteiger partial charge in [-0.2, -0.15) is 0 Å². The number of amides is 1. The van der Waals surface area contributed by atoms with Gasteiger partial charge in [0.2, 0.25) is 5.91 Å². The van der Waals surface area contributed by atoms with Gasteiger partial charge in [0, 0.05) is 6.54 Å². The number of aliphatic carboxylic acids is 1. The molecule has 0 spiro atoms. The molecule has 5 nitrogen and oxygen atoms in total. The highest BCUT2D eigenvalue weighted by Gasteiger charge is 2.54. The SMILES string of the molecule is O=C(O)C1COCCN1C(=O)C1(c2ccccc2)CC1. The summed E-state index contributed by atoms with van der Waals surface area (Å²) in [5, 5.41) is 9.24. The molecule has 1 saturated heterocycles. The normalized spacial score (nSPS) is 24.2. The Balaban J connectivity index is 1.86. The first kappa shape index (κ1) is 13.1. The number of carboxylic acids is 1. The van der Waals surface area contributed by atoms with Crippen LogP contribution in [-0.4, -0.2) is 47.7 Å². The molecule has 2 fully saturated rings. The van der Waals surface area contributed by atoms with Crippen molar-refractivity contribution in [1.29, 1.82) is 0 Å². The molecular formula is C15H17NO4. The second-order valence-corrected chi connectivity index (χ2v) is 5.38. The van der Waals surface area contributed by atoms with Crippen LogP contribution in [0, 0.1) is 0 Å². The van der Waals surface area contributed by atoms with Crippen molar-refractivity contribution in [3.05, 3.63) is 35.9 Å². The van der Waals surface area contributed by atoms with Crippen molar-refractivity contribution < 1.29 is 19.4 Å². The largest absolute Gasteiger partial charge is 0.480 e. The number of hydrogen-bond acceptors (Lipinski definition) is 3. The summed E-state index contributed by atoms with van der Waals surface area (Å²) < 4.78 is 5.19. The number of benzene rings is 1. The van der Waals surface area contributed by atoms with Crippen LogP contribution in [0.5, 0.6) is 0 Å². The molecule has 20 heavy (non-hydrogen) atoms. The van der Waals surface area contributed by atoms with Gasteiger partial charge in [0.25, 0.3) is 0 Å². The summed E-state index contributed by atoms with van der Waals surface area (Å²) in [6, 6.07) is 8.77. The lowest BCUT2D eigenvalue weighted by Gasteiger charge is -2.35. The number of rotatable bonds is 3. The van der Waals surface area contributed by atoms with Gasteiger partial charge in [-0.3, -0.25) is 4.79 Å². The van der Waals surface area contributed by atoms with Crippen molar-refractivity contribution in [1.82, 2.24) is 4.90 Å². The highest BCUT2D eigenvalue weighted by Crippen LogP contribution is 2.49. The van der Waals surface area contributed by atoms with Crippen LogP contribution in [0.2, 0.25) is 0 Å². The third-order valence-electron chi connectivity index (χ3n) is 4.16. The van der Waals surface area contributed by atoms with E-state index in [1.54, 1.807) is 0 Å². The second kappa shape index (κ2) is 4.90. The zero-order chi connectivity index (χ0) is 14.2. The highest BCUT2D eigenvalue weighted by atomic mass is 16.5. The Morgan fingerprint density at radius 2 is 1.95 bits per heavy atom. The first-order valence-corrected chi connectivity index (χ1v) is 6.82. The van der Waals surface area contributed by atoms with E-state index in [2.05, 4.69) is 0 Å². The molecule has 106 valence electrons. The molecule has 5 heteroatoms. The van der Waals surface area contributed by atoms with Gasteiger partial charge in [0.15, 0.2) is 6.04 Å². The third kappa shape index (κ3) is 2.08. The van der Waals surface area contributed by atoms with E-state index in [-0.39, 0.29) is 12.5 Å². The van der Waals surface area contributed by atoms with Gasteiger partial charge in [-0.1, -0.05) is 30.3 Å². The summed E-state index contributed by atoms with van der Waals surface area (Å²) >= 11 is 0. The molecule has 2 aliphatic rings. The first-order valence-electron chi connectivity index (χ1n) is 6.82. The number of carbonyl (C=O) groups excluding carboxylic acids is 1. The average Bonchev–Trinajstić information content (AvgIpc) is 3.29. The molecule has 1 N–H and O–H groups in total. The molecule has 1 aliphatic heterocycles. The molecule has 1 unspecified atom stereocenters. The molecule has 1 atom stereocenters. The van der Waals surface area contributed by atoms with Gasteiger partial charge < -0.3 is 14.7 Å². The molecule has 1 aromatic rings. The Hall–Kier alpha value is -1.88. The van der Waals surface area contributed by atoms with Crippen molar-refractivity contribution in [2.24, 2.45) is 0 Å². The summed E-state index contributed by atoms with van der Waals surface area (Å²) in [4.78, 5) is 25.6. The van der Waals surface area contributed by atoms with Crippen molar-refractivity contribution >= 4 is 11.9 Å². The number of carbonyl (C=O) groups is 2. The molecule has 1 aliphatic carbocycles. The predicted molar refractivity (Wildman–Crippen MR) is 71.3 cm³/mol. The van der Waals surface area contributed by atoms with E-state index in [9.17, 15) is 14.7 Å². The monoisotopic (exact) mass is 275 g/mol. The Bertz CT molecular complexity index is 524. The quantitative estimate of drug-likeness (QED) is 0.894. The lowest BCUT2D eigenvalue weighted by Crippen LogP contribution is -2.55. The van der Waals surface area contributed by atoms with E-state index in [0.717, 1.165) is 18.4 Å². The molecule has 3 rings (SSSR count). The Labute approximate surface area is 117 Å². The van der Waals surface area contributed by atoms with E-state index < -0.39 is 17.4 Å². The topological polar surface area (TPSA) is 66.8 Å². The Kier molecular flexibility index (Phi) is 3.22. The van der Waals surface area contributed by atoms with E-state index in [4.69, 9.17) is 4.74 Å². The maximum Gasteiger partial charge on any atom is 0.328 e. The van der Waals surface area contributed by atoms with Crippen molar-refractivity contribution in [3.63, 3.8) is 0 Å². The molecule has 1 saturated carbocycles. The lowest BCUT2D eigenvalue weighted by atomic mass is 9.93. The van der Waals surface area contributed by atoms with Crippen LogP contribution in [0.4, 0.5) is 0 Å². The Morgan fingerprint density at radius 1 is 1.25 bits per heavy atom. The fraction of sp³-hybridized carbons (Fsp3) is 0.467. The Morgan fingerprint density at radius 3 is 2.55 bits per heavy atom. The van der Waals surface area contributed by atoms with Crippen molar-refractivity contribution in [3.8, 4) is 0 Å². The molecule has 0 radical (unpaired) electrons. The van der Waals surface area contributed by atoms with Crippen LogP contribution in [0.25, 0.3) is 0 Å². The fourth-order valence-corrected chi connectivity index (χ4v) is 2.83. The number of carboxylic acid groups (broad SMARTS) is 1. The molecule has 0 aromatic heterocycles. The summed E-state index contributed by atoms with van der Waals surface area (Å²) in [5.41, 5.74) is 0.479. The van der Waals surface area contributed by atoms with E-state index in [1.165, 1.54) is 4.90 Å². The van der Waals surface area contributed by atoms with Gasteiger partial charge in [-0.25, -0.2) is 4.79 Å². The zero-order valence-corrected chi connectivity index (χ0v) is 11.1.